The molecule has 20 heteroatoms. The van der Waals surface area contributed by atoms with Gasteiger partial charge >= 0.3 is 29.6 Å². The molecule has 3 amide bonds. The van der Waals surface area contributed by atoms with Crippen LogP contribution in [-0.2, 0) is 44.8 Å². The maximum absolute atomic E-state index is 13.3. The first-order valence-electron chi connectivity index (χ1n) is 16.4. The maximum Gasteiger partial charge on any atom is 1.00 e. The second-order valence-corrected chi connectivity index (χ2v) is 18.9. The van der Waals surface area contributed by atoms with E-state index in [1.165, 1.54) is 34.0 Å². The molecule has 2 fully saturated rings. The number of fused-ring (bicyclic) bond motifs is 3. The van der Waals surface area contributed by atoms with E-state index in [0.717, 1.165) is 50.9 Å². The predicted octanol–water partition coefficient (Wildman–Crippen LogP) is 1.90. The Balaban J connectivity index is 0.000000256. The number of ketones is 5. The van der Waals surface area contributed by atoms with Gasteiger partial charge in [0.1, 0.15) is 23.1 Å². The molecule has 0 bridgehead atoms. The van der Waals surface area contributed by atoms with E-state index in [-0.39, 0.29) is 52.3 Å². The minimum absolute atomic E-state index is 0. The van der Waals surface area contributed by atoms with Crippen molar-refractivity contribution in [1.82, 2.24) is 0 Å². The molecule has 6 heterocycles. The van der Waals surface area contributed by atoms with Gasteiger partial charge in [-0.25, -0.2) is 0 Å². The van der Waals surface area contributed by atoms with Crippen LogP contribution in [0.25, 0.3) is 28.2 Å². The van der Waals surface area contributed by atoms with Crippen LogP contribution in [0.2, 0.25) is 0 Å². The summed E-state index contributed by atoms with van der Waals surface area (Å²) in [5, 5.41) is 28.4. The Morgan fingerprint density at radius 2 is 0.946 bits per heavy atom. The normalized spacial score (nSPS) is 19.2. The monoisotopic (exact) mass is 881 g/mol. The summed E-state index contributed by atoms with van der Waals surface area (Å²) in [5.41, 5.74) is 11.2. The largest absolute Gasteiger partial charge is 1.00 e. The average molecular weight is 882 g/mol. The molecular weight excluding hydrogens is 850 g/mol. The van der Waals surface area contributed by atoms with Crippen LogP contribution in [-0.4, -0.2) is 56.9 Å². The fraction of sp³-hybridized carbons (Fsp3) is 0.278. The third kappa shape index (κ3) is 8.58. The summed E-state index contributed by atoms with van der Waals surface area (Å²) in [5.74, 6) is -7.49. The van der Waals surface area contributed by atoms with Crippen molar-refractivity contribution >= 4 is 143 Å². The number of primary amides is 3. The first-order chi connectivity index (χ1) is 26.0. The van der Waals surface area contributed by atoms with Crippen LogP contribution in [0.15, 0.2) is 52.5 Å². The molecule has 2 aliphatic rings. The second kappa shape index (κ2) is 17.7. The Morgan fingerprint density at radius 3 is 1.27 bits per heavy atom. The van der Waals surface area contributed by atoms with Gasteiger partial charge < -0.3 is 28.8 Å². The van der Waals surface area contributed by atoms with Gasteiger partial charge in [0, 0.05) is 76.5 Å². The van der Waals surface area contributed by atoms with E-state index >= 15 is 0 Å². The maximum atomic E-state index is 13.3. The molecule has 56 heavy (non-hydrogen) atoms. The number of Topliss-reactive ketones (excluding diaryl/α,β-unsaturated/α-hetero) is 5. The van der Waals surface area contributed by atoms with Crippen LogP contribution >= 0.6 is 68.0 Å². The van der Waals surface area contributed by atoms with Gasteiger partial charge in [-0.15, -0.1) is 68.0 Å². The molecule has 2 aliphatic carbocycles. The average Bonchev–Trinajstić information content (AvgIpc) is 3.98. The van der Waals surface area contributed by atoms with Crippen molar-refractivity contribution < 1.29 is 79.6 Å². The van der Waals surface area contributed by atoms with Crippen molar-refractivity contribution in [2.45, 2.75) is 49.7 Å². The van der Waals surface area contributed by atoms with Crippen LogP contribution in [0, 0.1) is 11.8 Å². The van der Waals surface area contributed by atoms with E-state index in [2.05, 4.69) is 0 Å². The quantitative estimate of drug-likeness (QED) is 0.0843. The molecule has 8 N–H and O–H groups in total. The summed E-state index contributed by atoms with van der Waals surface area (Å²) in [7, 11) is 0. The molecule has 0 spiro atoms. The standard InChI is InChI=1S/C22H18N2O6S4.C8H5NO2S2.C6H8O2.Na.H/c23-19(27)21(29,17-7-15-13(33-17)1-3-31-15)9-5-12(26)10(6-11(9)25)22(30,20(24)28)18-8-16-14(34-18)2-4-32-16;9-8(11)7(10)6-3-5-4(13-6)1-2-12-5;7-5-1-2-6(8)4-3-5;;/h1-4,7-10,29-30H,5-6H2,(H2,23,27)(H2,24,28);1-3H,(H2,9,11);1-4H2;;/q;;;+1;-1. The van der Waals surface area contributed by atoms with Gasteiger partial charge in [-0.3, -0.25) is 38.4 Å². The van der Waals surface area contributed by atoms with Gasteiger partial charge in [-0.2, -0.15) is 0 Å². The number of amides is 3. The summed E-state index contributed by atoms with van der Waals surface area (Å²) < 4.78 is 5.30. The van der Waals surface area contributed by atoms with Crippen molar-refractivity contribution in [3.63, 3.8) is 0 Å². The van der Waals surface area contributed by atoms with Gasteiger partial charge in [0.25, 0.3) is 23.5 Å². The number of thiophene rings is 6. The van der Waals surface area contributed by atoms with Crippen molar-refractivity contribution in [3.8, 4) is 0 Å². The van der Waals surface area contributed by atoms with Crippen molar-refractivity contribution in [2.24, 2.45) is 29.0 Å². The van der Waals surface area contributed by atoms with Gasteiger partial charge in [0.2, 0.25) is 0 Å². The number of hydrogen-bond acceptors (Lipinski definition) is 16. The molecule has 8 rings (SSSR count). The van der Waals surface area contributed by atoms with Crippen molar-refractivity contribution in [3.05, 3.63) is 67.2 Å². The van der Waals surface area contributed by atoms with Crippen LogP contribution in [0.5, 0.6) is 0 Å². The Hall–Kier alpha value is -3.34. The second-order valence-electron chi connectivity index (χ2n) is 12.8. The number of rotatable bonds is 8. The third-order valence-electron chi connectivity index (χ3n) is 9.33. The van der Waals surface area contributed by atoms with E-state index in [1.807, 2.05) is 34.3 Å². The molecule has 4 unspecified atom stereocenters. The minimum atomic E-state index is -2.39. The molecule has 13 nitrogen and oxygen atoms in total. The molecule has 0 radical (unpaired) electrons. The first-order valence-corrected chi connectivity index (χ1v) is 21.5. The summed E-state index contributed by atoms with van der Waals surface area (Å²) in [4.78, 5) is 94.9. The van der Waals surface area contributed by atoms with Crippen LogP contribution in [0.4, 0.5) is 0 Å². The fourth-order valence-corrected chi connectivity index (χ4v) is 12.9. The Morgan fingerprint density at radius 1 is 0.589 bits per heavy atom. The number of carbonyl (C=O) groups is 8. The predicted molar refractivity (Wildman–Crippen MR) is 215 cm³/mol. The van der Waals surface area contributed by atoms with Crippen LogP contribution in [0.1, 0.15) is 59.4 Å². The van der Waals surface area contributed by atoms with Gasteiger partial charge in [-0.05, 0) is 52.5 Å². The van der Waals surface area contributed by atoms with E-state index < -0.39 is 71.0 Å². The molecule has 4 atom stereocenters. The zero-order chi connectivity index (χ0) is 39.8. The van der Waals surface area contributed by atoms with E-state index in [9.17, 15) is 48.6 Å². The Kier molecular flexibility index (Phi) is 13.8. The Bertz CT molecular complexity index is 2310. The first kappa shape index (κ1) is 43.8. The summed E-state index contributed by atoms with van der Waals surface area (Å²) in [6, 6.07) is 10.4. The van der Waals surface area contributed by atoms with Gasteiger partial charge in [0.05, 0.1) is 16.7 Å². The summed E-state index contributed by atoms with van der Waals surface area (Å²) >= 11 is 7.90. The van der Waals surface area contributed by atoms with Gasteiger partial charge in [-0.1, -0.05) is 0 Å². The van der Waals surface area contributed by atoms with Crippen molar-refractivity contribution in [1.29, 1.82) is 0 Å². The summed E-state index contributed by atoms with van der Waals surface area (Å²) in [6.07, 6.45) is 0.809. The van der Waals surface area contributed by atoms with Gasteiger partial charge in [0.15, 0.2) is 11.2 Å². The number of aliphatic hydroxyl groups is 2. The number of hydrogen-bond donors (Lipinski definition) is 5. The molecule has 6 aromatic rings. The number of carbonyl (C=O) groups excluding carboxylic acids is 8. The molecule has 0 aromatic carbocycles. The molecule has 2 saturated carbocycles. The third-order valence-corrected chi connectivity index (χ3v) is 15.9. The zero-order valence-electron chi connectivity index (χ0n) is 30.4. The SMILES string of the molecule is NC(=O)C(=O)c1cc2sccc2s1.NC(=O)C(O)(c1cc2sccc2s1)C1CC(=O)C(C(O)(C(N)=O)c2cc3sccc3s2)CC1=O.O=C1CCC(=O)CC1.[H-].[Na+]. The van der Waals surface area contributed by atoms with E-state index in [0.29, 0.717) is 30.6 Å². The summed E-state index contributed by atoms with van der Waals surface area (Å²) in [6.45, 7) is 0. The van der Waals surface area contributed by atoms with E-state index in [4.69, 9.17) is 17.2 Å². The Labute approximate surface area is 365 Å². The molecule has 0 aliphatic heterocycles. The fourth-order valence-electron chi connectivity index (χ4n) is 6.32. The zero-order valence-corrected chi connectivity index (χ0v) is 36.3. The molecule has 0 saturated heterocycles. The van der Waals surface area contributed by atoms with Crippen molar-refractivity contribution in [2.75, 3.05) is 0 Å². The topological polar surface area (TPSA) is 255 Å². The molecule has 6 aromatic heterocycles. The molecular formula is C36H32N3NaO10S6. The van der Waals surface area contributed by atoms with Crippen LogP contribution < -0.4 is 46.8 Å². The van der Waals surface area contributed by atoms with Crippen LogP contribution in [0.3, 0.4) is 0 Å². The minimum Gasteiger partial charge on any atom is -1.00 e. The smallest absolute Gasteiger partial charge is 1.00 e. The molecule has 288 valence electrons. The number of nitrogens with two attached hydrogens (primary N) is 3. The van der Waals surface area contributed by atoms with E-state index in [1.54, 1.807) is 29.5 Å².